The first-order valence-corrected chi connectivity index (χ1v) is 14.7. The van der Waals surface area contributed by atoms with Gasteiger partial charge in [-0.1, -0.05) is 57.9 Å². The summed E-state index contributed by atoms with van der Waals surface area (Å²) in [5.41, 5.74) is 2.17. The van der Waals surface area contributed by atoms with Gasteiger partial charge in [0, 0.05) is 31.5 Å². The van der Waals surface area contributed by atoms with Crippen molar-refractivity contribution in [3.8, 4) is 0 Å². The maximum Gasteiger partial charge on any atom is 0.305 e. The molecule has 0 N–H and O–H groups in total. The zero-order valence-corrected chi connectivity index (χ0v) is 22.3. The van der Waals surface area contributed by atoms with E-state index >= 15 is 0 Å². The predicted molar refractivity (Wildman–Crippen MR) is 141 cm³/mol. The predicted octanol–water partition coefficient (Wildman–Crippen LogP) is 7.67. The Balaban J connectivity index is 1.66. The summed E-state index contributed by atoms with van der Waals surface area (Å²) in [6, 6.07) is 6.06. The molecule has 0 saturated heterocycles. The van der Waals surface area contributed by atoms with Crippen LogP contribution in [0.25, 0.3) is 0 Å². The number of aryl methyl sites for hydroxylation is 1. The number of halogens is 1. The quantitative estimate of drug-likeness (QED) is 0.336. The third kappa shape index (κ3) is 7.31. The highest BCUT2D eigenvalue weighted by atomic mass is 19.1. The molecule has 35 heavy (non-hydrogen) atoms. The van der Waals surface area contributed by atoms with E-state index in [1.165, 1.54) is 84.4 Å². The zero-order chi connectivity index (χ0) is 24.6. The average Bonchev–Trinajstić information content (AvgIpc) is 2.89. The van der Waals surface area contributed by atoms with E-state index < -0.39 is 0 Å². The standard InChI is InChI=1S/C31H48FNO2/c1-3-23-17-27(19-28(32)18-23)31-26(20-30(34)35-2)15-10-16-29(31)33(21-24-11-6-4-7-12-24)22-25-13-8-5-9-14-25/h17-19,24-26,29,31H,3-16,20-22H2,1-2H3. The van der Waals surface area contributed by atoms with Gasteiger partial charge in [0.25, 0.3) is 0 Å². The second kappa shape index (κ2) is 13.2. The van der Waals surface area contributed by atoms with E-state index in [1.54, 1.807) is 12.1 Å². The van der Waals surface area contributed by atoms with Crippen LogP contribution in [0.3, 0.4) is 0 Å². The van der Waals surface area contributed by atoms with Crippen molar-refractivity contribution in [3.63, 3.8) is 0 Å². The molecule has 0 heterocycles. The van der Waals surface area contributed by atoms with Crippen molar-refractivity contribution < 1.29 is 13.9 Å². The van der Waals surface area contributed by atoms with E-state index in [2.05, 4.69) is 17.9 Å². The molecule has 1 aromatic carbocycles. The van der Waals surface area contributed by atoms with E-state index in [0.717, 1.165) is 48.6 Å². The summed E-state index contributed by atoms with van der Waals surface area (Å²) in [4.78, 5) is 15.3. The number of methoxy groups -OCH3 is 1. The molecule has 4 rings (SSSR count). The molecule has 1 aromatic rings. The van der Waals surface area contributed by atoms with Gasteiger partial charge in [-0.25, -0.2) is 4.39 Å². The SMILES string of the molecule is CCc1cc(F)cc(C2C(CC(=O)OC)CCCC2N(CC2CCCCC2)CC2CCCCC2)c1. The molecule has 0 radical (unpaired) electrons. The molecule has 0 aromatic heterocycles. The van der Waals surface area contributed by atoms with Crippen molar-refractivity contribution in [2.75, 3.05) is 20.2 Å². The van der Waals surface area contributed by atoms with E-state index in [1.807, 2.05) is 0 Å². The third-order valence-electron chi connectivity index (χ3n) is 9.33. The second-order valence-corrected chi connectivity index (χ2v) is 11.8. The highest BCUT2D eigenvalue weighted by Crippen LogP contribution is 2.44. The molecule has 3 aliphatic rings. The van der Waals surface area contributed by atoms with Gasteiger partial charge in [-0.3, -0.25) is 9.69 Å². The molecule has 3 saturated carbocycles. The third-order valence-corrected chi connectivity index (χ3v) is 9.33. The summed E-state index contributed by atoms with van der Waals surface area (Å²) >= 11 is 0. The number of esters is 1. The smallest absolute Gasteiger partial charge is 0.305 e. The lowest BCUT2D eigenvalue weighted by atomic mass is 9.69. The maximum absolute atomic E-state index is 14.8. The van der Waals surface area contributed by atoms with Crippen molar-refractivity contribution >= 4 is 5.97 Å². The first-order valence-electron chi connectivity index (χ1n) is 14.7. The number of ether oxygens (including phenoxy) is 1. The van der Waals surface area contributed by atoms with E-state index in [-0.39, 0.29) is 23.6 Å². The van der Waals surface area contributed by atoms with Gasteiger partial charge in [0.2, 0.25) is 0 Å². The Bertz CT molecular complexity index is 779. The Labute approximate surface area is 213 Å². The van der Waals surface area contributed by atoms with Crippen molar-refractivity contribution in [3.05, 3.63) is 35.1 Å². The first kappa shape index (κ1) is 26.6. The number of nitrogens with zero attached hydrogens (tertiary/aromatic N) is 1. The summed E-state index contributed by atoms with van der Waals surface area (Å²) in [5.74, 6) is 1.72. The van der Waals surface area contributed by atoms with Crippen LogP contribution < -0.4 is 0 Å². The van der Waals surface area contributed by atoms with Crippen LogP contribution in [0.2, 0.25) is 0 Å². The van der Waals surface area contributed by atoms with Crippen molar-refractivity contribution in [2.24, 2.45) is 17.8 Å². The van der Waals surface area contributed by atoms with Crippen LogP contribution in [-0.2, 0) is 16.0 Å². The number of carbonyl (C=O) groups is 1. The Morgan fingerprint density at radius 3 is 2.09 bits per heavy atom. The topological polar surface area (TPSA) is 29.5 Å². The van der Waals surface area contributed by atoms with Crippen LogP contribution in [0.5, 0.6) is 0 Å². The average molecular weight is 486 g/mol. The Morgan fingerprint density at radius 2 is 1.51 bits per heavy atom. The monoisotopic (exact) mass is 485 g/mol. The summed E-state index contributed by atoms with van der Waals surface area (Å²) in [7, 11) is 1.49. The van der Waals surface area contributed by atoms with E-state index in [9.17, 15) is 9.18 Å². The molecular weight excluding hydrogens is 437 g/mol. The van der Waals surface area contributed by atoms with Crippen LogP contribution in [-0.4, -0.2) is 37.1 Å². The fourth-order valence-corrected chi connectivity index (χ4v) is 7.51. The van der Waals surface area contributed by atoms with Crippen molar-refractivity contribution in [2.45, 2.75) is 115 Å². The molecule has 3 nitrogen and oxygen atoms in total. The van der Waals surface area contributed by atoms with Gasteiger partial charge in [-0.05, 0) is 86.0 Å². The summed E-state index contributed by atoms with van der Waals surface area (Å²) in [5, 5.41) is 0. The summed E-state index contributed by atoms with van der Waals surface area (Å²) in [6.07, 6.45) is 18.2. The number of carbonyl (C=O) groups excluding carboxylic acids is 1. The van der Waals surface area contributed by atoms with Crippen LogP contribution in [0.1, 0.15) is 114 Å². The fraction of sp³-hybridized carbons (Fsp3) is 0.774. The minimum atomic E-state index is -0.133. The number of hydrogen-bond acceptors (Lipinski definition) is 3. The Hall–Kier alpha value is -1.42. The minimum absolute atomic E-state index is 0.126. The molecule has 0 bridgehead atoms. The molecule has 0 aliphatic heterocycles. The molecule has 4 heteroatoms. The van der Waals surface area contributed by atoms with Gasteiger partial charge in [0.15, 0.2) is 0 Å². The molecule has 0 spiro atoms. The highest BCUT2D eigenvalue weighted by Gasteiger charge is 2.40. The fourth-order valence-electron chi connectivity index (χ4n) is 7.51. The van der Waals surface area contributed by atoms with Gasteiger partial charge in [0.1, 0.15) is 5.82 Å². The van der Waals surface area contributed by atoms with Crippen LogP contribution in [0.4, 0.5) is 4.39 Å². The number of rotatable bonds is 9. The number of benzene rings is 1. The van der Waals surface area contributed by atoms with E-state index in [0.29, 0.717) is 12.5 Å². The van der Waals surface area contributed by atoms with Gasteiger partial charge in [0.05, 0.1) is 7.11 Å². The van der Waals surface area contributed by atoms with Crippen molar-refractivity contribution in [1.82, 2.24) is 4.90 Å². The second-order valence-electron chi connectivity index (χ2n) is 11.8. The molecule has 196 valence electrons. The molecule has 3 atom stereocenters. The van der Waals surface area contributed by atoms with E-state index in [4.69, 9.17) is 4.74 Å². The van der Waals surface area contributed by atoms with Gasteiger partial charge >= 0.3 is 5.97 Å². The summed E-state index contributed by atoms with van der Waals surface area (Å²) < 4.78 is 19.9. The molecule has 3 aliphatic carbocycles. The Morgan fingerprint density at radius 1 is 0.886 bits per heavy atom. The zero-order valence-electron chi connectivity index (χ0n) is 22.3. The van der Waals surface area contributed by atoms with Crippen LogP contribution in [0.15, 0.2) is 18.2 Å². The molecule has 3 fully saturated rings. The largest absolute Gasteiger partial charge is 0.469 e. The highest BCUT2D eigenvalue weighted by molar-refractivity contribution is 5.69. The van der Waals surface area contributed by atoms with Crippen LogP contribution in [0, 0.1) is 23.6 Å². The molecular formula is C31H48FNO2. The van der Waals surface area contributed by atoms with Gasteiger partial charge < -0.3 is 4.74 Å². The molecule has 0 amide bonds. The number of hydrogen-bond donors (Lipinski definition) is 0. The van der Waals surface area contributed by atoms with Crippen molar-refractivity contribution in [1.29, 1.82) is 0 Å². The normalized spacial score (nSPS) is 26.7. The first-order chi connectivity index (χ1) is 17.1. The lowest BCUT2D eigenvalue weighted by molar-refractivity contribution is -0.142. The Kier molecular flexibility index (Phi) is 10.1. The summed E-state index contributed by atoms with van der Waals surface area (Å²) in [6.45, 7) is 4.46. The van der Waals surface area contributed by atoms with Crippen LogP contribution >= 0.6 is 0 Å². The maximum atomic E-state index is 14.8. The lowest BCUT2D eigenvalue weighted by Gasteiger charge is -2.47. The van der Waals surface area contributed by atoms with Gasteiger partial charge in [-0.15, -0.1) is 0 Å². The minimum Gasteiger partial charge on any atom is -0.469 e. The lowest BCUT2D eigenvalue weighted by Crippen LogP contribution is -2.49. The molecule has 3 unspecified atom stereocenters. The van der Waals surface area contributed by atoms with Gasteiger partial charge in [-0.2, -0.15) is 0 Å².